The van der Waals surface area contributed by atoms with Crippen molar-refractivity contribution in [3.63, 3.8) is 0 Å². The number of hydrogen-bond acceptors (Lipinski definition) is 4. The molecule has 3 fully saturated rings. The van der Waals surface area contributed by atoms with Gasteiger partial charge >= 0.3 is 0 Å². The van der Waals surface area contributed by atoms with Gasteiger partial charge in [-0.2, -0.15) is 5.10 Å². The minimum Gasteiger partial charge on any atom is -0.377 e. The molecule has 4 unspecified atom stereocenters. The molecule has 0 amide bonds. The predicted molar refractivity (Wildman–Crippen MR) is 110 cm³/mol. The van der Waals surface area contributed by atoms with Crippen LogP contribution in [-0.2, 0) is 17.7 Å². The van der Waals surface area contributed by atoms with Crippen molar-refractivity contribution in [3.05, 3.63) is 12.2 Å². The van der Waals surface area contributed by atoms with Crippen LogP contribution in [0.4, 0.5) is 0 Å². The van der Waals surface area contributed by atoms with Crippen LogP contribution in [0.1, 0.15) is 44.3 Å². The van der Waals surface area contributed by atoms with E-state index in [0.717, 1.165) is 37.8 Å². The molecule has 2 saturated carbocycles. The van der Waals surface area contributed by atoms with Gasteiger partial charge in [-0.25, -0.2) is 9.67 Å². The molecule has 2 N–H and O–H groups in total. The van der Waals surface area contributed by atoms with Crippen LogP contribution in [0.3, 0.4) is 0 Å². The Balaban J connectivity index is 0.00000168. The van der Waals surface area contributed by atoms with Crippen molar-refractivity contribution in [2.24, 2.45) is 16.3 Å². The lowest BCUT2D eigenvalue weighted by atomic mass is 9.54. The zero-order valence-electron chi connectivity index (χ0n) is 15.4. The van der Waals surface area contributed by atoms with Crippen molar-refractivity contribution >= 4 is 29.9 Å². The molecule has 4 aliphatic rings. The highest BCUT2D eigenvalue weighted by Crippen LogP contribution is 2.60. The summed E-state index contributed by atoms with van der Waals surface area (Å²) >= 11 is 0. The average Bonchev–Trinajstić information content (AvgIpc) is 3.37. The van der Waals surface area contributed by atoms with E-state index in [-0.39, 0.29) is 24.0 Å². The van der Waals surface area contributed by atoms with Gasteiger partial charge in [-0.15, -0.1) is 24.0 Å². The summed E-state index contributed by atoms with van der Waals surface area (Å²) in [4.78, 5) is 8.83. The summed E-state index contributed by atoms with van der Waals surface area (Å²) in [5, 5.41) is 11.7. The zero-order valence-corrected chi connectivity index (χ0v) is 17.7. The fourth-order valence-corrected chi connectivity index (χ4v) is 5.77. The third kappa shape index (κ3) is 2.83. The van der Waals surface area contributed by atoms with Crippen LogP contribution in [0.25, 0.3) is 0 Å². The summed E-state index contributed by atoms with van der Waals surface area (Å²) < 4.78 is 8.11. The van der Waals surface area contributed by atoms with Gasteiger partial charge in [0.2, 0.25) is 0 Å². The minimum atomic E-state index is 0. The van der Waals surface area contributed by atoms with Gasteiger partial charge in [-0.3, -0.25) is 4.99 Å². The summed E-state index contributed by atoms with van der Waals surface area (Å²) in [6, 6.07) is 0.870. The maximum Gasteiger partial charge on any atom is 0.191 e. The summed E-state index contributed by atoms with van der Waals surface area (Å²) in [6.07, 6.45) is 10.7. The molecule has 3 heterocycles. The highest BCUT2D eigenvalue weighted by molar-refractivity contribution is 14.0. The van der Waals surface area contributed by atoms with E-state index in [4.69, 9.17) is 4.74 Å². The molecule has 0 bridgehead atoms. The predicted octanol–water partition coefficient (Wildman–Crippen LogP) is 1.72. The van der Waals surface area contributed by atoms with Crippen LogP contribution >= 0.6 is 24.0 Å². The molecule has 8 heteroatoms. The van der Waals surface area contributed by atoms with E-state index in [1.54, 1.807) is 6.33 Å². The fourth-order valence-electron chi connectivity index (χ4n) is 5.77. The summed E-state index contributed by atoms with van der Waals surface area (Å²) in [5.74, 6) is 2.69. The lowest BCUT2D eigenvalue weighted by Crippen LogP contribution is -2.69. The summed E-state index contributed by atoms with van der Waals surface area (Å²) in [5.41, 5.74) is 0.352. The Morgan fingerprint density at radius 2 is 2.15 bits per heavy atom. The van der Waals surface area contributed by atoms with Crippen LogP contribution in [0.15, 0.2) is 11.3 Å². The Labute approximate surface area is 171 Å². The third-order valence-electron chi connectivity index (χ3n) is 6.95. The van der Waals surface area contributed by atoms with E-state index in [1.807, 2.05) is 11.7 Å². The molecule has 1 saturated heterocycles. The lowest BCUT2D eigenvalue weighted by Gasteiger charge is -2.57. The molecule has 0 aromatic carbocycles. The molecule has 4 atom stereocenters. The Morgan fingerprint density at radius 1 is 1.31 bits per heavy atom. The van der Waals surface area contributed by atoms with E-state index in [2.05, 4.69) is 25.7 Å². The smallest absolute Gasteiger partial charge is 0.191 e. The molecular weight excluding hydrogens is 443 g/mol. The maximum absolute atomic E-state index is 6.10. The number of hydrogen-bond donors (Lipinski definition) is 2. The highest BCUT2D eigenvalue weighted by atomic mass is 127. The number of aliphatic imine (C=N–C) groups is 1. The Hall–Kier alpha value is -0.900. The number of nitrogens with one attached hydrogen (secondary N) is 2. The average molecular weight is 472 g/mol. The Morgan fingerprint density at radius 3 is 2.96 bits per heavy atom. The van der Waals surface area contributed by atoms with Gasteiger partial charge < -0.3 is 15.4 Å². The van der Waals surface area contributed by atoms with Gasteiger partial charge in [0.05, 0.1) is 12.6 Å². The zero-order chi connectivity index (χ0) is 16.9. The van der Waals surface area contributed by atoms with Gasteiger partial charge in [0.25, 0.3) is 0 Å². The molecule has 2 aliphatic carbocycles. The second-order valence-corrected chi connectivity index (χ2v) is 8.12. The van der Waals surface area contributed by atoms with Gasteiger partial charge in [-0.1, -0.05) is 12.8 Å². The topological polar surface area (TPSA) is 76.4 Å². The minimum absolute atomic E-state index is 0. The first kappa shape index (κ1) is 18.5. The van der Waals surface area contributed by atoms with E-state index in [9.17, 15) is 0 Å². The van der Waals surface area contributed by atoms with Crippen molar-refractivity contribution in [2.45, 2.75) is 69.7 Å². The Bertz CT molecular complexity index is 670. The molecule has 144 valence electrons. The second kappa shape index (κ2) is 7.26. The quantitative estimate of drug-likeness (QED) is 0.390. The van der Waals surface area contributed by atoms with Crippen molar-refractivity contribution in [1.82, 2.24) is 25.4 Å². The van der Waals surface area contributed by atoms with E-state index in [0.29, 0.717) is 29.5 Å². The van der Waals surface area contributed by atoms with Crippen molar-refractivity contribution < 1.29 is 4.74 Å². The normalized spacial score (nSPS) is 34.6. The van der Waals surface area contributed by atoms with Gasteiger partial charge in [-0.05, 0) is 25.7 Å². The third-order valence-corrected chi connectivity index (χ3v) is 6.95. The van der Waals surface area contributed by atoms with E-state index >= 15 is 0 Å². The maximum atomic E-state index is 6.10. The second-order valence-electron chi connectivity index (χ2n) is 8.12. The number of guanidine groups is 1. The summed E-state index contributed by atoms with van der Waals surface area (Å²) in [6.45, 7) is 1.79. The fraction of sp³-hybridized carbons (Fsp3) is 0.833. The number of nitrogens with zero attached hydrogens (tertiary/aromatic N) is 4. The van der Waals surface area contributed by atoms with Crippen molar-refractivity contribution in [3.8, 4) is 0 Å². The molecule has 7 nitrogen and oxygen atoms in total. The molecule has 0 radical (unpaired) electrons. The number of ether oxygens (including phenoxy) is 1. The number of fused-ring (bicyclic) bond motifs is 3. The number of rotatable bonds is 2. The number of halogens is 1. The first-order valence-electron chi connectivity index (χ1n) is 9.78. The lowest BCUT2D eigenvalue weighted by molar-refractivity contribution is -0.125. The molecular formula is C18H29IN6O. The molecule has 1 aromatic rings. The first-order chi connectivity index (χ1) is 12.3. The summed E-state index contributed by atoms with van der Waals surface area (Å²) in [7, 11) is 1.88. The molecule has 1 aromatic heterocycles. The van der Waals surface area contributed by atoms with Crippen LogP contribution in [0.2, 0.25) is 0 Å². The largest absolute Gasteiger partial charge is 0.377 e. The van der Waals surface area contributed by atoms with E-state index in [1.165, 1.54) is 32.1 Å². The van der Waals surface area contributed by atoms with Crippen LogP contribution in [0.5, 0.6) is 0 Å². The van der Waals surface area contributed by atoms with Gasteiger partial charge in [0, 0.05) is 43.5 Å². The molecule has 2 aliphatic heterocycles. The van der Waals surface area contributed by atoms with Crippen LogP contribution in [-0.4, -0.2) is 52.6 Å². The standard InChI is InChI=1S/C18H28N6O.HI/c1-19-17(22-12-4-5-14-20-11-21-24(14)10-12)23-15-13-6-9-25-16(13)18(15)7-2-3-8-18;/h11-13,15-16H,2-10H2,1H3,(H2,19,22,23);1H. The number of aromatic nitrogens is 3. The van der Waals surface area contributed by atoms with Crippen LogP contribution < -0.4 is 10.6 Å². The highest BCUT2D eigenvalue weighted by Gasteiger charge is 2.65. The van der Waals surface area contributed by atoms with Gasteiger partial charge in [0.15, 0.2) is 5.96 Å². The van der Waals surface area contributed by atoms with Crippen LogP contribution in [0, 0.1) is 11.3 Å². The molecule has 26 heavy (non-hydrogen) atoms. The molecule has 1 spiro atoms. The number of aryl methyl sites for hydroxylation is 1. The van der Waals surface area contributed by atoms with Crippen molar-refractivity contribution in [1.29, 1.82) is 0 Å². The van der Waals surface area contributed by atoms with E-state index < -0.39 is 0 Å². The molecule has 5 rings (SSSR count). The first-order valence-corrected chi connectivity index (χ1v) is 9.78. The van der Waals surface area contributed by atoms with Gasteiger partial charge in [0.1, 0.15) is 12.2 Å². The Kier molecular flexibility index (Phi) is 5.15. The van der Waals surface area contributed by atoms with Crippen molar-refractivity contribution in [2.75, 3.05) is 13.7 Å². The monoisotopic (exact) mass is 472 g/mol. The SMILES string of the molecule is CN=C(NC1CCc2ncnn2C1)NC1C2CCOC2C12CCCC2.I.